The number of allylic oxidation sites excluding steroid dienone is 7. The third kappa shape index (κ3) is 16.9. The number of aromatic hydroxyl groups is 1. The Morgan fingerprint density at radius 3 is 2.23 bits per heavy atom. The fourth-order valence-electron chi connectivity index (χ4n) is 11.7. The maximum absolute atomic E-state index is 15.2. The molecular weight excluding hydrogens is 1170 g/mol. The summed E-state index contributed by atoms with van der Waals surface area (Å²) in [4.78, 5) is 126. The maximum atomic E-state index is 15.2. The van der Waals surface area contributed by atoms with Crippen LogP contribution in [0.15, 0.2) is 129 Å². The summed E-state index contributed by atoms with van der Waals surface area (Å²) in [5, 5.41) is 30.1. The van der Waals surface area contributed by atoms with E-state index < -0.39 is 101 Å². The molecule has 8 amide bonds. The van der Waals surface area contributed by atoms with Gasteiger partial charge >= 0.3 is 0 Å². The molecular formula is C64H77F2N11O9S2. The smallest absolute Gasteiger partial charge is 0.246 e. The number of phenols is 1. The largest absolute Gasteiger partial charge is 0.508 e. The van der Waals surface area contributed by atoms with E-state index in [9.17, 15) is 42.7 Å². The van der Waals surface area contributed by atoms with Crippen molar-refractivity contribution in [3.8, 4) is 5.75 Å². The van der Waals surface area contributed by atoms with E-state index in [2.05, 4.69) is 58.2 Å². The summed E-state index contributed by atoms with van der Waals surface area (Å²) in [6.07, 6.45) is 12.0. The molecule has 20 nitrogen and oxygen atoms in total. The molecule has 8 N–H and O–H groups in total. The molecule has 2 aromatic carbocycles. The number of rotatable bonds is 6. The molecule has 7 aliphatic rings. The molecule has 2 fully saturated rings. The van der Waals surface area contributed by atoms with E-state index in [4.69, 9.17) is 0 Å². The second-order valence-corrected chi connectivity index (χ2v) is 25.9. The molecule has 9 rings (SSSR count). The van der Waals surface area contributed by atoms with Crippen LogP contribution in [0.1, 0.15) is 95.8 Å². The first-order valence-electron chi connectivity index (χ1n) is 30.0. The van der Waals surface area contributed by atoms with Crippen molar-refractivity contribution in [2.24, 2.45) is 15.9 Å². The number of nitrogens with one attached hydrogen (secondary N) is 7. The van der Waals surface area contributed by atoms with Gasteiger partial charge in [-0.05, 0) is 131 Å². The van der Waals surface area contributed by atoms with Crippen LogP contribution in [0.4, 0.5) is 8.78 Å². The van der Waals surface area contributed by atoms with Crippen molar-refractivity contribution in [3.63, 3.8) is 0 Å². The van der Waals surface area contributed by atoms with Gasteiger partial charge in [-0.15, -0.1) is 0 Å². The van der Waals surface area contributed by atoms with Gasteiger partial charge in [0.25, 0.3) is 0 Å². The van der Waals surface area contributed by atoms with Gasteiger partial charge in [-0.3, -0.25) is 53.2 Å². The molecule has 2 bridgehead atoms. The number of amides is 8. The summed E-state index contributed by atoms with van der Waals surface area (Å²) in [6, 6.07) is 7.41. The number of thioether (sulfide) groups is 2. The third-order valence-electron chi connectivity index (χ3n) is 16.5. The van der Waals surface area contributed by atoms with E-state index >= 15 is 9.59 Å². The lowest BCUT2D eigenvalue weighted by Gasteiger charge is -2.32. The van der Waals surface area contributed by atoms with E-state index in [1.54, 1.807) is 53.9 Å². The third-order valence-corrected chi connectivity index (χ3v) is 18.6. The molecule has 2 aliphatic carbocycles. The van der Waals surface area contributed by atoms with Gasteiger partial charge in [0.05, 0.1) is 17.5 Å². The summed E-state index contributed by atoms with van der Waals surface area (Å²) >= 11 is 3.26. The second-order valence-electron chi connectivity index (χ2n) is 23.7. The van der Waals surface area contributed by atoms with Crippen LogP contribution in [-0.4, -0.2) is 160 Å². The molecule has 0 aromatic heterocycles. The molecule has 468 valence electrons. The fourth-order valence-corrected chi connectivity index (χ4v) is 13.4. The Bertz CT molecular complexity index is 3300. The van der Waals surface area contributed by atoms with Crippen molar-refractivity contribution in [2.45, 2.75) is 145 Å². The van der Waals surface area contributed by atoms with Crippen LogP contribution >= 0.6 is 23.5 Å². The first-order chi connectivity index (χ1) is 42.2. The lowest BCUT2D eigenvalue weighted by atomic mass is 9.88. The summed E-state index contributed by atoms with van der Waals surface area (Å²) in [7, 11) is 0. The number of fused-ring (bicyclic) bond motifs is 6. The molecule has 0 radical (unpaired) electrons. The topological polar surface area (TPSA) is 272 Å². The molecule has 5 aliphatic heterocycles. The zero-order valence-electron chi connectivity index (χ0n) is 49.9. The van der Waals surface area contributed by atoms with Crippen LogP contribution in [0.2, 0.25) is 0 Å². The van der Waals surface area contributed by atoms with E-state index in [0.29, 0.717) is 84.3 Å². The number of benzene rings is 2. The highest BCUT2D eigenvalue weighted by molar-refractivity contribution is 7.98. The minimum atomic E-state index is -1.48. The van der Waals surface area contributed by atoms with E-state index in [0.717, 1.165) is 28.9 Å². The lowest BCUT2D eigenvalue weighted by molar-refractivity contribution is -0.142. The summed E-state index contributed by atoms with van der Waals surface area (Å²) in [5.74, 6) is -3.77. The molecule has 24 heteroatoms. The van der Waals surface area contributed by atoms with Gasteiger partial charge < -0.3 is 47.2 Å². The molecule has 0 spiro atoms. The summed E-state index contributed by atoms with van der Waals surface area (Å²) in [6.45, 7) is 7.41. The number of nitrogens with zero attached hydrogens (tertiary/aromatic N) is 4. The highest BCUT2D eigenvalue weighted by Gasteiger charge is 2.42. The Hall–Kier alpha value is -7.70. The van der Waals surface area contributed by atoms with Gasteiger partial charge in [0.1, 0.15) is 53.2 Å². The zero-order valence-corrected chi connectivity index (χ0v) is 51.5. The quantitative estimate of drug-likeness (QED) is 0.187. The number of aliphatic imine (C=N–C) groups is 2. The standard InChI is InChI=1S/C64H77F2N11O9S2/c1-37-57(80)72-46(27-39-12-16-47(78)17-13-39)34-76-22-6-10-54(76)60(83)67-21-25-88-36-41-9-5-8-40(26-41)35-87-24-20-56(79)75-64(3,4)63(86)71-38(2)58(81)73-52(28-42-32-68-50-18-14-44(65)30-48(42)50)59(82)74-53(62(85)77-23-7-11-55(77)61(84)70-37)29-43-33-69-51-19-15-45(66)31-49(43)51/h5,8-9,12-13,15-19,26,30-33,37-38,46,49,52-55,78H,6-7,10-11,14,20-25,27-29,34-36H2,1-4H3,(H,67,83)(H,70,84)(H,71,86)(H,72,80)(H,73,81)(H,74,82)(H,75,79)/t37-,38+,46-,49?,52-,53-,54-,55-/m0/s1. The van der Waals surface area contributed by atoms with Gasteiger partial charge in [-0.1, -0.05) is 42.5 Å². The Morgan fingerprint density at radius 2 is 1.45 bits per heavy atom. The fraction of sp³-hybridized carbons (Fsp3) is 0.469. The van der Waals surface area contributed by atoms with Crippen LogP contribution in [-0.2, 0) is 56.3 Å². The van der Waals surface area contributed by atoms with Crippen LogP contribution in [0.5, 0.6) is 5.75 Å². The minimum Gasteiger partial charge on any atom is -0.508 e. The molecule has 0 saturated carbocycles. The Morgan fingerprint density at radius 1 is 0.750 bits per heavy atom. The first-order valence-corrected chi connectivity index (χ1v) is 32.3. The normalized spacial score (nSPS) is 27.7. The zero-order chi connectivity index (χ0) is 62.6. The van der Waals surface area contributed by atoms with Crippen molar-refractivity contribution in [1.29, 1.82) is 0 Å². The second kappa shape index (κ2) is 29.5. The van der Waals surface area contributed by atoms with E-state index in [1.165, 1.54) is 69.3 Å². The highest BCUT2D eigenvalue weighted by Crippen LogP contribution is 2.34. The van der Waals surface area contributed by atoms with Crippen LogP contribution in [0.3, 0.4) is 0 Å². The van der Waals surface area contributed by atoms with Crippen molar-refractivity contribution >= 4 is 82.7 Å². The van der Waals surface area contributed by atoms with Gasteiger partial charge in [0.15, 0.2) is 0 Å². The maximum Gasteiger partial charge on any atom is 0.246 e. The van der Waals surface area contributed by atoms with Gasteiger partial charge in [-0.25, -0.2) is 8.78 Å². The number of halogens is 2. The molecule has 2 saturated heterocycles. The van der Waals surface area contributed by atoms with Crippen molar-refractivity contribution < 1.29 is 52.2 Å². The number of carbonyl (C=O) groups excluding carboxylic acids is 8. The summed E-state index contributed by atoms with van der Waals surface area (Å²) < 4.78 is 29.7. The van der Waals surface area contributed by atoms with Gasteiger partial charge in [-0.2, -0.15) is 23.5 Å². The van der Waals surface area contributed by atoms with Crippen molar-refractivity contribution in [3.05, 3.63) is 136 Å². The van der Waals surface area contributed by atoms with Crippen molar-refractivity contribution in [2.75, 3.05) is 37.7 Å². The molecule has 8 atom stereocenters. The van der Waals surface area contributed by atoms with Crippen LogP contribution in [0.25, 0.3) is 0 Å². The Labute approximate surface area is 519 Å². The molecule has 5 heterocycles. The predicted octanol–water partition coefficient (Wildman–Crippen LogP) is 5.12. The SMILES string of the molecule is C[C@@H]1NC(=O)[C@@H]2CCCN2C(=O)[C@H](CC2=CN=C3C=CC(F)=CC23)NC(=O)[C@H](CC2=C3C=C(F)CC=C3N=C2)NC(=O)[C@@H](C)NC(=O)C(C)(C)NC(=O)CCSCc2cccc(c2)CSCCNC(=O)[C@@H]2CCCN2C[C@H](Cc2ccc(O)cc2)NC1=O. The number of phenolic OH excluding ortho intramolecular Hbond substituents is 1. The minimum absolute atomic E-state index is 0.0120. The predicted molar refractivity (Wildman–Crippen MR) is 335 cm³/mol. The van der Waals surface area contributed by atoms with E-state index in [1.807, 2.05) is 18.2 Å². The van der Waals surface area contributed by atoms with Crippen molar-refractivity contribution in [1.82, 2.24) is 47.0 Å². The monoisotopic (exact) mass is 1250 g/mol. The van der Waals surface area contributed by atoms with Crippen LogP contribution in [0, 0.1) is 5.92 Å². The lowest BCUT2D eigenvalue weighted by Crippen LogP contribution is -2.60. The Kier molecular flexibility index (Phi) is 21.7. The first kappa shape index (κ1) is 64.8. The number of hydrogen-bond donors (Lipinski definition) is 8. The van der Waals surface area contributed by atoms with Gasteiger partial charge in [0.2, 0.25) is 47.3 Å². The summed E-state index contributed by atoms with van der Waals surface area (Å²) in [5.41, 5.74) is 3.77. The highest BCUT2D eigenvalue weighted by atomic mass is 32.2. The number of hydrogen-bond acceptors (Lipinski definition) is 14. The molecule has 2 aromatic rings. The van der Waals surface area contributed by atoms with Gasteiger partial charge in [0, 0.05) is 98.3 Å². The number of carbonyl (C=O) groups is 8. The van der Waals surface area contributed by atoms with Crippen LogP contribution < -0.4 is 37.2 Å². The average Bonchev–Trinajstić information content (AvgIpc) is 2.93. The Balaban J connectivity index is 0.976. The molecule has 1 unspecified atom stereocenters. The van der Waals surface area contributed by atoms with E-state index in [-0.39, 0.29) is 56.2 Å². The molecule has 88 heavy (non-hydrogen) atoms. The average molecular weight is 1250 g/mol.